The van der Waals surface area contributed by atoms with E-state index in [9.17, 15) is 4.39 Å². The van der Waals surface area contributed by atoms with Crippen molar-refractivity contribution in [1.29, 1.82) is 0 Å². The van der Waals surface area contributed by atoms with Crippen LogP contribution in [0.1, 0.15) is 11.6 Å². The molecule has 3 rings (SSSR count). The molecular weight excluding hydrogens is 275 g/mol. The van der Waals surface area contributed by atoms with Gasteiger partial charge in [0.25, 0.3) is 0 Å². The highest BCUT2D eigenvalue weighted by Gasteiger charge is 2.23. The Morgan fingerprint density at radius 1 is 1.05 bits per heavy atom. The number of rotatable bonds is 3. The van der Waals surface area contributed by atoms with Gasteiger partial charge in [0, 0.05) is 26.2 Å². The monoisotopic (exact) mass is 294 g/mol. The van der Waals surface area contributed by atoms with E-state index in [1.807, 2.05) is 18.2 Å². The SMILES string of the molecule is Cl.FC[C@@H](c1cccc2ccccc12)N1CCNCC1. The van der Waals surface area contributed by atoms with Gasteiger partial charge in [-0.25, -0.2) is 4.39 Å². The Labute approximate surface area is 125 Å². The highest BCUT2D eigenvalue weighted by molar-refractivity contribution is 5.86. The Balaban J connectivity index is 0.00000147. The second-order valence-corrected chi connectivity index (χ2v) is 5.02. The van der Waals surface area contributed by atoms with Crippen LogP contribution in [0.4, 0.5) is 4.39 Å². The van der Waals surface area contributed by atoms with E-state index in [0.29, 0.717) is 0 Å². The third-order valence-corrected chi connectivity index (χ3v) is 3.92. The quantitative estimate of drug-likeness (QED) is 0.935. The summed E-state index contributed by atoms with van der Waals surface area (Å²) in [5.74, 6) is 0. The molecule has 1 heterocycles. The minimum absolute atomic E-state index is 0. The Morgan fingerprint density at radius 2 is 1.75 bits per heavy atom. The molecule has 0 saturated carbocycles. The molecule has 0 aromatic heterocycles. The fourth-order valence-corrected chi connectivity index (χ4v) is 2.91. The lowest BCUT2D eigenvalue weighted by atomic mass is 9.98. The molecule has 2 aromatic carbocycles. The molecule has 0 radical (unpaired) electrons. The van der Waals surface area contributed by atoms with E-state index in [1.165, 1.54) is 10.8 Å². The first-order valence-electron chi connectivity index (χ1n) is 6.88. The number of hydrogen-bond donors (Lipinski definition) is 1. The fraction of sp³-hybridized carbons (Fsp3) is 0.375. The molecule has 108 valence electrons. The van der Waals surface area contributed by atoms with Gasteiger partial charge in [-0.2, -0.15) is 0 Å². The van der Waals surface area contributed by atoms with Gasteiger partial charge in [-0.3, -0.25) is 4.90 Å². The van der Waals surface area contributed by atoms with Gasteiger partial charge in [0.05, 0.1) is 6.04 Å². The van der Waals surface area contributed by atoms with Crippen molar-refractivity contribution in [2.45, 2.75) is 6.04 Å². The lowest BCUT2D eigenvalue weighted by Crippen LogP contribution is -2.45. The number of nitrogens with one attached hydrogen (secondary N) is 1. The van der Waals surface area contributed by atoms with Crippen LogP contribution in [0.3, 0.4) is 0 Å². The molecule has 0 bridgehead atoms. The molecule has 1 N–H and O–H groups in total. The van der Waals surface area contributed by atoms with Crippen molar-refractivity contribution in [1.82, 2.24) is 10.2 Å². The number of alkyl halides is 1. The summed E-state index contributed by atoms with van der Waals surface area (Å²) in [6, 6.07) is 14.3. The van der Waals surface area contributed by atoms with Crippen LogP contribution in [0.5, 0.6) is 0 Å². The fourth-order valence-electron chi connectivity index (χ4n) is 2.91. The highest BCUT2D eigenvalue weighted by atomic mass is 35.5. The number of nitrogens with zero attached hydrogens (tertiary/aromatic N) is 1. The maximum Gasteiger partial charge on any atom is 0.109 e. The molecule has 0 aliphatic carbocycles. The number of fused-ring (bicyclic) bond motifs is 1. The van der Waals surface area contributed by atoms with Gasteiger partial charge in [-0.15, -0.1) is 12.4 Å². The lowest BCUT2D eigenvalue weighted by Gasteiger charge is -2.34. The van der Waals surface area contributed by atoms with E-state index in [1.54, 1.807) is 0 Å². The van der Waals surface area contributed by atoms with Crippen LogP contribution in [-0.2, 0) is 0 Å². The average molecular weight is 295 g/mol. The second kappa shape index (κ2) is 7.02. The number of hydrogen-bond acceptors (Lipinski definition) is 2. The Kier molecular flexibility index (Phi) is 5.35. The summed E-state index contributed by atoms with van der Waals surface area (Å²) in [4.78, 5) is 2.25. The topological polar surface area (TPSA) is 15.3 Å². The molecule has 2 aromatic rings. The molecule has 2 nitrogen and oxygen atoms in total. The first-order chi connectivity index (χ1) is 9.40. The largest absolute Gasteiger partial charge is 0.314 e. The standard InChI is InChI=1S/C16H19FN2.ClH/c17-12-16(19-10-8-18-9-11-19)15-7-3-5-13-4-1-2-6-14(13)15;/h1-7,16,18H,8-12H2;1H/t16-;/m0./s1. The smallest absolute Gasteiger partial charge is 0.109 e. The van der Waals surface area contributed by atoms with Gasteiger partial charge < -0.3 is 5.32 Å². The molecule has 1 atom stereocenters. The summed E-state index contributed by atoms with van der Waals surface area (Å²) in [5.41, 5.74) is 1.11. The van der Waals surface area contributed by atoms with E-state index in [4.69, 9.17) is 0 Å². The number of piperazine rings is 1. The van der Waals surface area contributed by atoms with Crippen molar-refractivity contribution in [2.75, 3.05) is 32.9 Å². The molecule has 0 amide bonds. The number of halogens is 2. The van der Waals surface area contributed by atoms with Gasteiger partial charge in [0.2, 0.25) is 0 Å². The predicted molar refractivity (Wildman–Crippen MR) is 84.4 cm³/mol. The lowest BCUT2D eigenvalue weighted by molar-refractivity contribution is 0.148. The maximum atomic E-state index is 13.6. The molecule has 0 spiro atoms. The zero-order valence-corrected chi connectivity index (χ0v) is 12.2. The summed E-state index contributed by atoms with van der Waals surface area (Å²) >= 11 is 0. The van der Waals surface area contributed by atoms with Gasteiger partial charge in [-0.1, -0.05) is 42.5 Å². The first kappa shape index (κ1) is 15.2. The van der Waals surface area contributed by atoms with Crippen LogP contribution < -0.4 is 5.32 Å². The first-order valence-corrected chi connectivity index (χ1v) is 6.88. The molecule has 4 heteroatoms. The van der Waals surface area contributed by atoms with Gasteiger partial charge >= 0.3 is 0 Å². The third kappa shape index (κ3) is 2.95. The van der Waals surface area contributed by atoms with Crippen LogP contribution in [0.25, 0.3) is 10.8 Å². The molecular formula is C16H20ClFN2. The molecule has 1 fully saturated rings. The zero-order valence-electron chi connectivity index (χ0n) is 11.4. The Hall–Kier alpha value is -1.16. The minimum Gasteiger partial charge on any atom is -0.314 e. The summed E-state index contributed by atoms with van der Waals surface area (Å²) in [6.45, 7) is 3.39. The Bertz CT molecular complexity index is 550. The predicted octanol–water partition coefficient (Wildman–Crippen LogP) is 3.18. The average Bonchev–Trinajstić information content (AvgIpc) is 2.49. The van der Waals surface area contributed by atoms with E-state index in [-0.39, 0.29) is 25.1 Å². The summed E-state index contributed by atoms with van der Waals surface area (Å²) < 4.78 is 13.6. The van der Waals surface area contributed by atoms with Crippen molar-refractivity contribution >= 4 is 23.2 Å². The summed E-state index contributed by atoms with van der Waals surface area (Å²) in [7, 11) is 0. The van der Waals surface area contributed by atoms with Crippen molar-refractivity contribution in [3.05, 3.63) is 48.0 Å². The molecule has 0 unspecified atom stereocenters. The third-order valence-electron chi connectivity index (χ3n) is 3.92. The van der Waals surface area contributed by atoms with Crippen LogP contribution >= 0.6 is 12.4 Å². The van der Waals surface area contributed by atoms with Crippen LogP contribution in [0.2, 0.25) is 0 Å². The molecule has 1 aliphatic heterocycles. The van der Waals surface area contributed by atoms with E-state index < -0.39 is 0 Å². The second-order valence-electron chi connectivity index (χ2n) is 5.02. The van der Waals surface area contributed by atoms with Gasteiger partial charge in [0.15, 0.2) is 0 Å². The van der Waals surface area contributed by atoms with Crippen LogP contribution in [0, 0.1) is 0 Å². The molecule has 1 saturated heterocycles. The van der Waals surface area contributed by atoms with E-state index in [0.717, 1.165) is 31.7 Å². The highest BCUT2D eigenvalue weighted by Crippen LogP contribution is 2.28. The minimum atomic E-state index is -0.325. The van der Waals surface area contributed by atoms with Crippen molar-refractivity contribution in [3.8, 4) is 0 Å². The van der Waals surface area contributed by atoms with Crippen molar-refractivity contribution in [3.63, 3.8) is 0 Å². The van der Waals surface area contributed by atoms with Crippen LogP contribution in [0.15, 0.2) is 42.5 Å². The summed E-state index contributed by atoms with van der Waals surface area (Å²) in [5, 5.41) is 5.68. The van der Waals surface area contributed by atoms with Gasteiger partial charge in [0.1, 0.15) is 6.67 Å². The van der Waals surface area contributed by atoms with E-state index >= 15 is 0 Å². The Morgan fingerprint density at radius 3 is 2.50 bits per heavy atom. The molecule has 20 heavy (non-hydrogen) atoms. The zero-order chi connectivity index (χ0) is 13.1. The van der Waals surface area contributed by atoms with Gasteiger partial charge in [-0.05, 0) is 16.3 Å². The van der Waals surface area contributed by atoms with Crippen molar-refractivity contribution < 1.29 is 4.39 Å². The molecule has 1 aliphatic rings. The summed E-state index contributed by atoms with van der Waals surface area (Å²) in [6.07, 6.45) is 0. The van der Waals surface area contributed by atoms with E-state index in [2.05, 4.69) is 34.5 Å². The van der Waals surface area contributed by atoms with Crippen LogP contribution in [-0.4, -0.2) is 37.8 Å². The maximum absolute atomic E-state index is 13.6. The van der Waals surface area contributed by atoms with Crippen molar-refractivity contribution in [2.24, 2.45) is 0 Å². The number of benzene rings is 2. The normalized spacial score (nSPS) is 17.6.